The van der Waals surface area contributed by atoms with Gasteiger partial charge in [0, 0.05) is 24.3 Å². The van der Waals surface area contributed by atoms with Gasteiger partial charge in [0.05, 0.1) is 0 Å². The first-order chi connectivity index (χ1) is 12.3. The van der Waals surface area contributed by atoms with Crippen LogP contribution in [0.25, 0.3) is 6.08 Å². The predicted octanol–water partition coefficient (Wildman–Crippen LogP) is 4.60. The average molecular weight is 377 g/mol. The molecular formula is C18H20F5NO2. The second-order valence-corrected chi connectivity index (χ2v) is 6.71. The summed E-state index contributed by atoms with van der Waals surface area (Å²) in [6, 6.07) is 4.70. The zero-order valence-corrected chi connectivity index (χ0v) is 13.9. The van der Waals surface area contributed by atoms with Crippen LogP contribution in [-0.2, 0) is 0 Å². The molecule has 1 N–H and O–H groups in total. The number of rotatable bonds is 4. The van der Waals surface area contributed by atoms with Crippen molar-refractivity contribution >= 4 is 11.8 Å². The lowest BCUT2D eigenvalue weighted by Gasteiger charge is -2.41. The van der Waals surface area contributed by atoms with Gasteiger partial charge in [-0.15, -0.1) is 0 Å². The lowest BCUT2D eigenvalue weighted by Crippen LogP contribution is -2.44. The van der Waals surface area contributed by atoms with E-state index in [1.165, 1.54) is 6.07 Å². The first-order valence-electron chi connectivity index (χ1n) is 8.52. The molecule has 1 fully saturated rings. The summed E-state index contributed by atoms with van der Waals surface area (Å²) in [5.74, 6) is -0.736. The van der Waals surface area contributed by atoms with E-state index in [1.807, 2.05) is 17.1 Å². The van der Waals surface area contributed by atoms with E-state index in [4.69, 9.17) is 0 Å². The molecule has 3 rings (SSSR count). The Bertz CT molecular complexity index is 653. The monoisotopic (exact) mass is 377 g/mol. The van der Waals surface area contributed by atoms with Gasteiger partial charge in [0.2, 0.25) is 0 Å². The van der Waals surface area contributed by atoms with Crippen LogP contribution in [0.1, 0.15) is 31.2 Å². The molecule has 0 amide bonds. The topological polar surface area (TPSA) is 32.7 Å². The first kappa shape index (κ1) is 18.9. The first-order valence-corrected chi connectivity index (χ1v) is 8.52. The highest BCUT2D eigenvalue weighted by Gasteiger charge is 2.44. The van der Waals surface area contributed by atoms with Crippen molar-refractivity contribution in [2.45, 2.75) is 50.6 Å². The fourth-order valence-corrected chi connectivity index (χ4v) is 3.82. The maximum absolute atomic E-state index is 12.7. The van der Waals surface area contributed by atoms with Crippen LogP contribution in [0.5, 0.6) is 5.75 Å². The molecule has 1 aliphatic carbocycles. The number of anilines is 1. The van der Waals surface area contributed by atoms with Crippen LogP contribution in [0.15, 0.2) is 24.3 Å². The molecule has 26 heavy (non-hydrogen) atoms. The predicted molar refractivity (Wildman–Crippen MR) is 87.3 cm³/mol. The number of aliphatic hydroxyl groups is 1. The highest BCUT2D eigenvalue weighted by atomic mass is 19.4. The fourth-order valence-electron chi connectivity index (χ4n) is 3.82. The van der Waals surface area contributed by atoms with Gasteiger partial charge in [-0.05, 0) is 49.3 Å². The van der Waals surface area contributed by atoms with Crippen LogP contribution in [0.4, 0.5) is 27.6 Å². The van der Waals surface area contributed by atoms with Crippen molar-refractivity contribution in [3.8, 4) is 5.75 Å². The summed E-state index contributed by atoms with van der Waals surface area (Å²) < 4.78 is 67.4. The Morgan fingerprint density at radius 1 is 1.12 bits per heavy atom. The third-order valence-corrected chi connectivity index (χ3v) is 5.10. The van der Waals surface area contributed by atoms with Crippen LogP contribution in [0.3, 0.4) is 0 Å². The van der Waals surface area contributed by atoms with Gasteiger partial charge in [-0.2, -0.15) is 22.0 Å². The molecule has 0 spiro atoms. The Morgan fingerprint density at radius 2 is 1.81 bits per heavy atom. The second-order valence-electron chi connectivity index (χ2n) is 6.71. The van der Waals surface area contributed by atoms with E-state index in [0.717, 1.165) is 11.3 Å². The fraction of sp³-hybridized carbons (Fsp3) is 0.556. The summed E-state index contributed by atoms with van der Waals surface area (Å²) in [6.07, 6.45) is -1.51. The van der Waals surface area contributed by atoms with Crippen molar-refractivity contribution in [1.29, 1.82) is 0 Å². The lowest BCUT2D eigenvalue weighted by molar-refractivity contribution is -0.222. The molecule has 0 bridgehead atoms. The number of hydrogen-bond acceptors (Lipinski definition) is 3. The van der Waals surface area contributed by atoms with Crippen molar-refractivity contribution in [3.05, 3.63) is 29.8 Å². The van der Waals surface area contributed by atoms with Gasteiger partial charge in [0.15, 0.2) is 6.10 Å². The maximum atomic E-state index is 12.7. The van der Waals surface area contributed by atoms with Gasteiger partial charge in [-0.3, -0.25) is 0 Å². The summed E-state index contributed by atoms with van der Waals surface area (Å²) in [4.78, 5) is 2.02. The molecule has 8 heteroatoms. The maximum Gasteiger partial charge on any atom is 0.414 e. The molecule has 144 valence electrons. The van der Waals surface area contributed by atoms with Gasteiger partial charge in [0.25, 0.3) is 0 Å². The van der Waals surface area contributed by atoms with E-state index in [-0.39, 0.29) is 24.6 Å². The largest absolute Gasteiger partial charge is 0.435 e. The van der Waals surface area contributed by atoms with Gasteiger partial charge in [0.1, 0.15) is 5.75 Å². The Kier molecular flexibility index (Phi) is 5.41. The Morgan fingerprint density at radius 3 is 2.42 bits per heavy atom. The number of benzene rings is 1. The van der Waals surface area contributed by atoms with Crippen molar-refractivity contribution in [2.75, 3.05) is 11.4 Å². The highest BCUT2D eigenvalue weighted by molar-refractivity contribution is 5.73. The van der Waals surface area contributed by atoms with Crippen molar-refractivity contribution in [1.82, 2.24) is 0 Å². The van der Waals surface area contributed by atoms with Crippen molar-refractivity contribution in [3.63, 3.8) is 0 Å². The van der Waals surface area contributed by atoms with Crippen molar-refractivity contribution in [2.24, 2.45) is 5.92 Å². The normalized spacial score (nSPS) is 24.5. The molecule has 1 aromatic carbocycles. The Hall–Kier alpha value is -1.83. The summed E-state index contributed by atoms with van der Waals surface area (Å²) in [7, 11) is 0. The summed E-state index contributed by atoms with van der Waals surface area (Å²) in [5.41, 5.74) is 1.60. The summed E-state index contributed by atoms with van der Waals surface area (Å²) >= 11 is 0. The van der Waals surface area contributed by atoms with Crippen LogP contribution < -0.4 is 9.64 Å². The lowest BCUT2D eigenvalue weighted by atomic mass is 9.81. The number of fused-ring (bicyclic) bond motifs is 1. The van der Waals surface area contributed by atoms with Crippen LogP contribution in [0.2, 0.25) is 0 Å². The standard InChI is InChI=1S/C18H20F5NO2/c19-17(20)26-14-8-5-11-2-1-9-24(15(11)10-14)13-6-3-12(4-7-13)16(25)18(21,22)23/h1-2,5,8,10,12-13,16-17,25H,3-4,6-7,9H2/t12?,13?,16-/m1/s1. The van der Waals surface area contributed by atoms with Crippen molar-refractivity contribution < 1.29 is 31.8 Å². The summed E-state index contributed by atoms with van der Waals surface area (Å²) in [6.45, 7) is -2.36. The SMILES string of the molecule is O[C@H](C1CCC(N2CC=Cc3ccc(OC(F)F)cc32)CC1)C(F)(F)F. The highest BCUT2D eigenvalue weighted by Crippen LogP contribution is 2.39. The zero-order valence-electron chi connectivity index (χ0n) is 13.9. The Labute approximate surface area is 148 Å². The van der Waals surface area contributed by atoms with Gasteiger partial charge < -0.3 is 14.7 Å². The zero-order chi connectivity index (χ0) is 18.9. The second kappa shape index (κ2) is 7.42. The number of alkyl halides is 5. The molecule has 1 atom stereocenters. The molecule has 0 saturated heterocycles. The van der Waals surface area contributed by atoms with Crippen LogP contribution >= 0.6 is 0 Å². The smallest absolute Gasteiger partial charge is 0.414 e. The summed E-state index contributed by atoms with van der Waals surface area (Å²) in [5, 5.41) is 9.45. The van der Waals surface area contributed by atoms with E-state index < -0.39 is 24.8 Å². The number of aliphatic hydroxyl groups excluding tert-OH is 1. The average Bonchev–Trinajstić information content (AvgIpc) is 2.59. The number of nitrogens with zero attached hydrogens (tertiary/aromatic N) is 1. The van der Waals surface area contributed by atoms with E-state index in [1.54, 1.807) is 12.1 Å². The number of ether oxygens (including phenoxy) is 1. The molecule has 0 aromatic heterocycles. The molecule has 1 saturated carbocycles. The van der Waals surface area contributed by atoms with E-state index in [2.05, 4.69) is 4.74 Å². The molecule has 3 nitrogen and oxygen atoms in total. The van der Waals surface area contributed by atoms with E-state index in [9.17, 15) is 27.1 Å². The van der Waals surface area contributed by atoms with Crippen LogP contribution in [0, 0.1) is 5.92 Å². The number of hydrogen-bond donors (Lipinski definition) is 1. The third kappa shape index (κ3) is 4.11. The minimum absolute atomic E-state index is 0.00261. The molecule has 2 aliphatic rings. The van der Waals surface area contributed by atoms with Gasteiger partial charge in [-0.1, -0.05) is 12.2 Å². The minimum Gasteiger partial charge on any atom is -0.435 e. The molecule has 1 heterocycles. The Balaban J connectivity index is 1.71. The minimum atomic E-state index is -4.60. The molecule has 0 unspecified atom stereocenters. The van der Waals surface area contributed by atoms with Crippen LogP contribution in [-0.4, -0.2) is 36.6 Å². The van der Waals surface area contributed by atoms with Gasteiger partial charge >= 0.3 is 12.8 Å². The quantitative estimate of drug-likeness (QED) is 0.779. The van der Waals surface area contributed by atoms with E-state index in [0.29, 0.717) is 19.4 Å². The number of halogens is 5. The van der Waals surface area contributed by atoms with E-state index >= 15 is 0 Å². The van der Waals surface area contributed by atoms with Gasteiger partial charge in [-0.25, -0.2) is 0 Å². The molecule has 1 aromatic rings. The molecular weight excluding hydrogens is 357 g/mol. The third-order valence-electron chi connectivity index (χ3n) is 5.10. The molecule has 0 radical (unpaired) electrons. The molecule has 1 aliphatic heterocycles.